The zero-order valence-electron chi connectivity index (χ0n) is 15.4. The number of carbonyl (C=O) groups is 1. The van der Waals surface area contributed by atoms with Gasteiger partial charge in [-0.2, -0.15) is 0 Å². The summed E-state index contributed by atoms with van der Waals surface area (Å²) in [5, 5.41) is 5.58. The number of aryl methyl sites for hydroxylation is 1. The Morgan fingerprint density at radius 3 is 2.79 bits per heavy atom. The normalized spacial score (nSPS) is 15.8. The second-order valence-electron chi connectivity index (χ2n) is 6.84. The first kappa shape index (κ1) is 20.1. The van der Waals surface area contributed by atoms with Crippen LogP contribution in [0.15, 0.2) is 64.9 Å². The van der Waals surface area contributed by atoms with Crippen molar-refractivity contribution in [2.75, 3.05) is 0 Å². The Morgan fingerprint density at radius 2 is 2.00 bits per heavy atom. The highest BCUT2D eigenvalue weighted by molar-refractivity contribution is 7.89. The van der Waals surface area contributed by atoms with Crippen molar-refractivity contribution < 1.29 is 13.2 Å². The second kappa shape index (κ2) is 8.28. The highest BCUT2D eigenvalue weighted by Gasteiger charge is 2.25. The van der Waals surface area contributed by atoms with Crippen molar-refractivity contribution in [1.82, 2.24) is 10.0 Å². The largest absolute Gasteiger partial charge is 0.345 e. The maximum atomic E-state index is 12.8. The van der Waals surface area contributed by atoms with E-state index in [0.29, 0.717) is 10.6 Å². The quantitative estimate of drug-likeness (QED) is 0.592. The molecule has 2 N–H and O–H groups in total. The molecule has 0 spiro atoms. The minimum Gasteiger partial charge on any atom is -0.345 e. The molecule has 1 aliphatic rings. The number of hydrogen-bond acceptors (Lipinski definition) is 4. The van der Waals surface area contributed by atoms with Crippen molar-refractivity contribution in [3.63, 3.8) is 0 Å². The van der Waals surface area contributed by atoms with Crippen LogP contribution in [0.5, 0.6) is 0 Å². The summed E-state index contributed by atoms with van der Waals surface area (Å²) in [6.07, 6.45) is 1.64. The number of fused-ring (bicyclic) bond motifs is 1. The van der Waals surface area contributed by atoms with Crippen LogP contribution in [0, 0.1) is 0 Å². The van der Waals surface area contributed by atoms with E-state index in [1.165, 1.54) is 23.5 Å². The summed E-state index contributed by atoms with van der Waals surface area (Å²) < 4.78 is 27.8. The number of benzene rings is 2. The first-order chi connectivity index (χ1) is 13.9. The fraction of sp³-hybridized carbons (Fsp3) is 0.190. The Labute approximate surface area is 178 Å². The molecule has 150 valence electrons. The van der Waals surface area contributed by atoms with Crippen LogP contribution in [0.25, 0.3) is 0 Å². The zero-order valence-corrected chi connectivity index (χ0v) is 17.8. The van der Waals surface area contributed by atoms with Crippen LogP contribution >= 0.6 is 22.9 Å². The number of amides is 1. The lowest BCUT2D eigenvalue weighted by atomic mass is 10.1. The Morgan fingerprint density at radius 1 is 1.14 bits per heavy atom. The van der Waals surface area contributed by atoms with Crippen molar-refractivity contribution in [3.8, 4) is 0 Å². The third kappa shape index (κ3) is 4.53. The average molecular weight is 447 g/mol. The van der Waals surface area contributed by atoms with Gasteiger partial charge in [0.25, 0.3) is 5.91 Å². The van der Waals surface area contributed by atoms with Crippen LogP contribution in [0.4, 0.5) is 0 Å². The fourth-order valence-corrected chi connectivity index (χ4v) is 5.43. The number of nitrogens with one attached hydrogen (secondary N) is 2. The molecule has 1 heterocycles. The summed E-state index contributed by atoms with van der Waals surface area (Å²) in [6, 6.07) is 15.4. The molecule has 0 fully saturated rings. The van der Waals surface area contributed by atoms with Gasteiger partial charge in [-0.25, -0.2) is 13.1 Å². The number of halogens is 1. The Bertz CT molecular complexity index is 1140. The van der Waals surface area contributed by atoms with Gasteiger partial charge in [0.05, 0.1) is 10.9 Å². The van der Waals surface area contributed by atoms with E-state index in [4.69, 9.17) is 11.6 Å². The Hall–Kier alpha value is -2.19. The molecule has 1 amide bonds. The standard InChI is InChI=1S/C21H19ClN2O3S2/c22-16-7-8-19-14(11-16)6-9-20(19)24-21(25)15-3-1-5-18(12-15)29(26,27)23-13-17-4-2-10-28-17/h1-5,7-8,10-12,20,23H,6,9,13H2,(H,24,25). The first-order valence-corrected chi connectivity index (χ1v) is 11.9. The Kier molecular flexibility index (Phi) is 5.74. The molecule has 29 heavy (non-hydrogen) atoms. The van der Waals surface area contributed by atoms with E-state index in [2.05, 4.69) is 10.0 Å². The number of carbonyl (C=O) groups excluding carboxylic acids is 1. The number of hydrogen-bond donors (Lipinski definition) is 2. The molecule has 0 aliphatic heterocycles. The van der Waals surface area contributed by atoms with Crippen molar-refractivity contribution >= 4 is 38.9 Å². The van der Waals surface area contributed by atoms with Gasteiger partial charge in [-0.3, -0.25) is 4.79 Å². The first-order valence-electron chi connectivity index (χ1n) is 9.14. The van der Waals surface area contributed by atoms with Gasteiger partial charge in [0.15, 0.2) is 0 Å². The predicted octanol–water partition coefficient (Wildman–Crippen LogP) is 4.30. The van der Waals surface area contributed by atoms with Gasteiger partial charge < -0.3 is 5.32 Å². The maximum Gasteiger partial charge on any atom is 0.251 e. The molecule has 2 aromatic carbocycles. The van der Waals surface area contributed by atoms with Crippen molar-refractivity contribution in [2.24, 2.45) is 0 Å². The van der Waals surface area contributed by atoms with Crippen LogP contribution in [-0.2, 0) is 23.0 Å². The van der Waals surface area contributed by atoms with E-state index in [9.17, 15) is 13.2 Å². The molecule has 5 nitrogen and oxygen atoms in total. The van der Waals surface area contributed by atoms with E-state index in [-0.39, 0.29) is 23.4 Å². The summed E-state index contributed by atoms with van der Waals surface area (Å²) in [4.78, 5) is 13.7. The van der Waals surface area contributed by atoms with E-state index < -0.39 is 10.0 Å². The third-order valence-corrected chi connectivity index (χ3v) is 7.42. The minimum absolute atomic E-state index is 0.0697. The lowest BCUT2D eigenvalue weighted by Gasteiger charge is -2.15. The molecule has 1 unspecified atom stereocenters. The zero-order chi connectivity index (χ0) is 20.4. The minimum atomic E-state index is -3.71. The molecule has 1 atom stereocenters. The third-order valence-electron chi connectivity index (χ3n) is 4.91. The van der Waals surface area contributed by atoms with Crippen LogP contribution in [0.3, 0.4) is 0 Å². The van der Waals surface area contributed by atoms with Crippen molar-refractivity contribution in [2.45, 2.75) is 30.3 Å². The van der Waals surface area contributed by atoms with Gasteiger partial charge in [0, 0.05) is 22.0 Å². The van der Waals surface area contributed by atoms with E-state index in [1.807, 2.05) is 35.7 Å². The lowest BCUT2D eigenvalue weighted by molar-refractivity contribution is 0.0936. The van der Waals surface area contributed by atoms with Gasteiger partial charge in [0.1, 0.15) is 0 Å². The summed E-state index contributed by atoms with van der Waals surface area (Å²) in [7, 11) is -3.71. The molecule has 0 radical (unpaired) electrons. The van der Waals surface area contributed by atoms with E-state index >= 15 is 0 Å². The maximum absolute atomic E-state index is 12.8. The average Bonchev–Trinajstić information content (AvgIpc) is 3.36. The monoisotopic (exact) mass is 446 g/mol. The SMILES string of the molecule is O=C(NC1CCc2cc(Cl)ccc21)c1cccc(S(=O)(=O)NCc2cccs2)c1. The molecule has 0 saturated carbocycles. The number of rotatable bonds is 6. The second-order valence-corrected chi connectivity index (χ2v) is 10.1. The van der Waals surface area contributed by atoms with Crippen molar-refractivity contribution in [1.29, 1.82) is 0 Å². The van der Waals surface area contributed by atoms with Gasteiger partial charge in [-0.1, -0.05) is 29.8 Å². The molecule has 0 saturated heterocycles. The molecule has 1 aliphatic carbocycles. The van der Waals surface area contributed by atoms with Gasteiger partial charge in [0.2, 0.25) is 10.0 Å². The van der Waals surface area contributed by atoms with Crippen LogP contribution < -0.4 is 10.0 Å². The summed E-state index contributed by atoms with van der Waals surface area (Å²) >= 11 is 7.52. The molecule has 4 rings (SSSR count). The molecular formula is C21H19ClN2O3S2. The number of sulfonamides is 1. The Balaban J connectivity index is 1.48. The molecule has 3 aromatic rings. The van der Waals surface area contributed by atoms with Gasteiger partial charge in [-0.05, 0) is 65.7 Å². The van der Waals surface area contributed by atoms with Crippen LogP contribution in [0.2, 0.25) is 5.02 Å². The lowest BCUT2D eigenvalue weighted by Crippen LogP contribution is -2.28. The molecule has 0 bridgehead atoms. The highest BCUT2D eigenvalue weighted by Crippen LogP contribution is 2.33. The van der Waals surface area contributed by atoms with E-state index in [0.717, 1.165) is 28.8 Å². The summed E-state index contributed by atoms with van der Waals surface area (Å²) in [6.45, 7) is 0.220. The topological polar surface area (TPSA) is 75.3 Å². The predicted molar refractivity (Wildman–Crippen MR) is 115 cm³/mol. The van der Waals surface area contributed by atoms with Crippen LogP contribution in [-0.4, -0.2) is 14.3 Å². The molecule has 8 heteroatoms. The van der Waals surface area contributed by atoms with Crippen LogP contribution in [0.1, 0.15) is 38.8 Å². The molecule has 1 aromatic heterocycles. The van der Waals surface area contributed by atoms with Gasteiger partial charge >= 0.3 is 0 Å². The summed E-state index contributed by atoms with van der Waals surface area (Å²) in [5.74, 6) is -0.298. The van der Waals surface area contributed by atoms with Crippen molar-refractivity contribution in [3.05, 3.63) is 86.6 Å². The smallest absolute Gasteiger partial charge is 0.251 e. The molecular weight excluding hydrogens is 428 g/mol. The van der Waals surface area contributed by atoms with Gasteiger partial charge in [-0.15, -0.1) is 11.3 Å². The highest BCUT2D eigenvalue weighted by atomic mass is 35.5. The number of thiophene rings is 1. The summed E-state index contributed by atoms with van der Waals surface area (Å²) in [5.41, 5.74) is 2.51. The fourth-order valence-electron chi connectivity index (χ4n) is 3.44. The van der Waals surface area contributed by atoms with E-state index in [1.54, 1.807) is 12.1 Å².